The Bertz CT molecular complexity index is 992. The number of nitrogens with zero attached hydrogens (tertiary/aromatic N) is 1. The monoisotopic (exact) mass is 411 g/mol. The molecule has 0 bridgehead atoms. The number of benzene rings is 2. The zero-order chi connectivity index (χ0) is 20.3. The first-order valence-corrected chi connectivity index (χ1v) is 11.7. The van der Waals surface area contributed by atoms with E-state index in [0.29, 0.717) is 24.6 Å². The molecule has 29 heavy (non-hydrogen) atoms. The van der Waals surface area contributed by atoms with Gasteiger partial charge in [-0.3, -0.25) is 4.79 Å². The first kappa shape index (κ1) is 19.7. The molecule has 0 radical (unpaired) electrons. The molecule has 1 saturated heterocycles. The van der Waals surface area contributed by atoms with Gasteiger partial charge in [0.25, 0.3) is 5.91 Å². The zero-order valence-electron chi connectivity index (χ0n) is 16.3. The highest BCUT2D eigenvalue weighted by molar-refractivity contribution is 8.00. The summed E-state index contributed by atoms with van der Waals surface area (Å²) in [5.41, 5.74) is 1.82. The smallest absolute Gasteiger partial charge is 0.290 e. The van der Waals surface area contributed by atoms with Crippen molar-refractivity contribution in [2.24, 2.45) is 5.92 Å². The lowest BCUT2D eigenvalue weighted by atomic mass is 9.90. The molecule has 0 aliphatic carbocycles. The quantitative estimate of drug-likeness (QED) is 0.775. The van der Waals surface area contributed by atoms with Crippen LogP contribution in [0.1, 0.15) is 24.0 Å². The van der Waals surface area contributed by atoms with Crippen LogP contribution in [0.4, 0.5) is 0 Å². The third kappa shape index (κ3) is 4.37. The van der Waals surface area contributed by atoms with Crippen molar-refractivity contribution in [1.29, 1.82) is 0 Å². The van der Waals surface area contributed by atoms with Crippen LogP contribution in [0.2, 0.25) is 0 Å². The van der Waals surface area contributed by atoms with E-state index in [2.05, 4.69) is 12.1 Å². The van der Waals surface area contributed by atoms with Gasteiger partial charge in [0.15, 0.2) is 9.84 Å². The number of piperidine rings is 1. The normalized spacial score (nSPS) is 19.7. The van der Waals surface area contributed by atoms with Gasteiger partial charge in [-0.05, 0) is 36.3 Å². The fraction of sp³-hybridized carbons (Fsp3) is 0.348. The van der Waals surface area contributed by atoms with Gasteiger partial charge in [-0.15, -0.1) is 0 Å². The van der Waals surface area contributed by atoms with Crippen molar-refractivity contribution >= 4 is 20.6 Å². The summed E-state index contributed by atoms with van der Waals surface area (Å²) >= 11 is 0. The number of sulfone groups is 1. The molecule has 1 fully saturated rings. The predicted octanol–water partition coefficient (Wildman–Crippen LogP) is 3.28. The summed E-state index contributed by atoms with van der Waals surface area (Å²) in [5.74, 6) is 0.0851. The Morgan fingerprint density at radius 2 is 1.59 bits per heavy atom. The van der Waals surface area contributed by atoms with Gasteiger partial charge in [0.1, 0.15) is 11.5 Å². The number of hydrogen-bond acceptors (Lipinski definition) is 4. The molecular weight excluding hydrogens is 386 g/mol. The summed E-state index contributed by atoms with van der Waals surface area (Å²) < 4.78 is 31.1. The topological polar surface area (TPSA) is 63.7 Å². The minimum absolute atomic E-state index is 0.0181. The van der Waals surface area contributed by atoms with Gasteiger partial charge in [0.2, 0.25) is 5.76 Å². The van der Waals surface area contributed by atoms with E-state index in [1.165, 1.54) is 5.56 Å². The minimum Gasteiger partial charge on any atom is -0.486 e. The molecule has 0 atom stereocenters. The Morgan fingerprint density at radius 1 is 0.966 bits per heavy atom. The fourth-order valence-corrected chi connectivity index (χ4v) is 5.48. The van der Waals surface area contributed by atoms with Crippen LogP contribution in [0.3, 0.4) is 0 Å². The van der Waals surface area contributed by atoms with Crippen LogP contribution in [-0.2, 0) is 25.8 Å². The van der Waals surface area contributed by atoms with Gasteiger partial charge in [0, 0.05) is 13.1 Å². The van der Waals surface area contributed by atoms with Crippen molar-refractivity contribution in [2.45, 2.75) is 19.3 Å². The van der Waals surface area contributed by atoms with Gasteiger partial charge < -0.3 is 9.64 Å². The summed E-state index contributed by atoms with van der Waals surface area (Å²) in [4.78, 5) is 14.9. The standard InChI is InChI=1S/C23H25NO4S/c25-23(24-13-11-19(12-14-24)17-18-7-3-1-4-8-18)21-22(20-9-5-2-6-10-20)29(26,27)16-15-28-21/h1-10,19H,11-17H2. The molecule has 2 aromatic carbocycles. The van der Waals surface area contributed by atoms with Crippen molar-refractivity contribution in [1.82, 2.24) is 4.90 Å². The SMILES string of the molecule is O=C(C1=C(c2ccccc2)S(=O)(=O)CCO1)N1CCC(Cc2ccccc2)CC1. The molecule has 2 aliphatic rings. The molecule has 0 N–H and O–H groups in total. The minimum atomic E-state index is -3.55. The van der Waals surface area contributed by atoms with Crippen LogP contribution in [0, 0.1) is 5.92 Å². The molecule has 152 valence electrons. The number of hydrogen-bond donors (Lipinski definition) is 0. The van der Waals surface area contributed by atoms with Crippen molar-refractivity contribution < 1.29 is 17.9 Å². The van der Waals surface area contributed by atoms with E-state index in [1.54, 1.807) is 29.2 Å². The molecule has 5 nitrogen and oxygen atoms in total. The maximum absolute atomic E-state index is 13.2. The van der Waals surface area contributed by atoms with Gasteiger partial charge in [-0.2, -0.15) is 0 Å². The number of ether oxygens (including phenoxy) is 1. The molecule has 2 heterocycles. The average Bonchev–Trinajstić information content (AvgIpc) is 2.74. The maximum Gasteiger partial charge on any atom is 0.290 e. The first-order valence-electron chi connectivity index (χ1n) is 10.0. The molecular formula is C23H25NO4S. The highest BCUT2D eigenvalue weighted by atomic mass is 32.2. The van der Waals surface area contributed by atoms with Crippen LogP contribution < -0.4 is 0 Å². The third-order valence-corrected chi connectivity index (χ3v) is 7.36. The van der Waals surface area contributed by atoms with Gasteiger partial charge in [-0.1, -0.05) is 60.7 Å². The van der Waals surface area contributed by atoms with Crippen molar-refractivity contribution in [3.05, 3.63) is 77.5 Å². The number of carbonyl (C=O) groups excluding carboxylic acids is 1. The average molecular weight is 412 g/mol. The van der Waals surface area contributed by atoms with Crippen LogP contribution in [0.5, 0.6) is 0 Å². The van der Waals surface area contributed by atoms with Gasteiger partial charge >= 0.3 is 0 Å². The van der Waals surface area contributed by atoms with Crippen LogP contribution in [-0.4, -0.2) is 44.7 Å². The Morgan fingerprint density at radius 3 is 2.24 bits per heavy atom. The molecule has 1 amide bonds. The van der Waals surface area contributed by atoms with E-state index in [0.717, 1.165) is 19.3 Å². The second kappa shape index (κ2) is 8.41. The van der Waals surface area contributed by atoms with Crippen molar-refractivity contribution in [2.75, 3.05) is 25.4 Å². The van der Waals surface area contributed by atoms with E-state index in [-0.39, 0.29) is 28.9 Å². The van der Waals surface area contributed by atoms with E-state index < -0.39 is 9.84 Å². The highest BCUT2D eigenvalue weighted by Gasteiger charge is 2.36. The molecule has 6 heteroatoms. The lowest BCUT2D eigenvalue weighted by Gasteiger charge is -2.33. The molecule has 0 unspecified atom stereocenters. The van der Waals surface area contributed by atoms with Crippen LogP contribution in [0.15, 0.2) is 66.4 Å². The van der Waals surface area contributed by atoms with E-state index in [9.17, 15) is 13.2 Å². The van der Waals surface area contributed by atoms with Crippen molar-refractivity contribution in [3.63, 3.8) is 0 Å². The Labute approximate surface area is 171 Å². The van der Waals surface area contributed by atoms with Crippen LogP contribution in [0.25, 0.3) is 4.91 Å². The van der Waals surface area contributed by atoms with Crippen molar-refractivity contribution in [3.8, 4) is 0 Å². The van der Waals surface area contributed by atoms with E-state index in [4.69, 9.17) is 4.74 Å². The first-order chi connectivity index (χ1) is 14.0. The third-order valence-electron chi connectivity index (χ3n) is 5.61. The Kier molecular flexibility index (Phi) is 5.72. The summed E-state index contributed by atoms with van der Waals surface area (Å²) in [6.45, 7) is 1.25. The van der Waals surface area contributed by atoms with E-state index >= 15 is 0 Å². The van der Waals surface area contributed by atoms with Gasteiger partial charge in [0.05, 0.1) is 5.75 Å². The van der Waals surface area contributed by atoms with Crippen LogP contribution >= 0.6 is 0 Å². The predicted molar refractivity (Wildman–Crippen MR) is 113 cm³/mol. The summed E-state index contributed by atoms with van der Waals surface area (Å²) in [5, 5.41) is 0. The lowest BCUT2D eigenvalue weighted by molar-refractivity contribution is -0.132. The Hall–Kier alpha value is -2.60. The molecule has 4 rings (SSSR count). The largest absolute Gasteiger partial charge is 0.486 e. The summed E-state index contributed by atoms with van der Waals surface area (Å²) in [6, 6.07) is 19.2. The second-order valence-electron chi connectivity index (χ2n) is 7.62. The number of rotatable bonds is 4. The fourth-order valence-electron chi connectivity index (χ4n) is 4.05. The lowest BCUT2D eigenvalue weighted by Crippen LogP contribution is -2.41. The molecule has 2 aromatic rings. The number of carbonyl (C=O) groups is 1. The van der Waals surface area contributed by atoms with E-state index in [1.807, 2.05) is 24.3 Å². The molecule has 0 saturated carbocycles. The number of likely N-dealkylation sites (tertiary alicyclic amines) is 1. The summed E-state index contributed by atoms with van der Waals surface area (Å²) in [6.07, 6.45) is 2.81. The molecule has 2 aliphatic heterocycles. The zero-order valence-corrected chi connectivity index (χ0v) is 17.1. The highest BCUT2D eigenvalue weighted by Crippen LogP contribution is 2.32. The summed E-state index contributed by atoms with van der Waals surface area (Å²) in [7, 11) is -3.55. The molecule has 0 spiro atoms. The second-order valence-corrected chi connectivity index (χ2v) is 9.66. The molecule has 0 aromatic heterocycles. The maximum atomic E-state index is 13.2. The van der Waals surface area contributed by atoms with Gasteiger partial charge in [-0.25, -0.2) is 8.42 Å². The number of amides is 1. The Balaban J connectivity index is 1.52.